The van der Waals surface area contributed by atoms with Crippen LogP contribution in [0.15, 0.2) is 18.3 Å². The van der Waals surface area contributed by atoms with Crippen molar-refractivity contribution in [1.82, 2.24) is 4.98 Å². The summed E-state index contributed by atoms with van der Waals surface area (Å²) in [7, 11) is 0. The fourth-order valence-electron chi connectivity index (χ4n) is 0.739. The number of aromatic nitrogens is 1. The summed E-state index contributed by atoms with van der Waals surface area (Å²) < 4.78 is 36.3. The van der Waals surface area contributed by atoms with Gasteiger partial charge >= 0.3 is 6.18 Å². The van der Waals surface area contributed by atoms with Crippen LogP contribution in [-0.2, 0) is 6.18 Å². The molecule has 0 bridgehead atoms. The zero-order valence-electron chi connectivity index (χ0n) is 6.30. The SMILES string of the molecule is NC(=S)c1ccnc(C(F)(F)F)c1. The minimum absolute atomic E-state index is 0.0760. The topological polar surface area (TPSA) is 38.9 Å². The van der Waals surface area contributed by atoms with Gasteiger partial charge in [-0.05, 0) is 12.1 Å². The molecule has 2 nitrogen and oxygen atoms in total. The Balaban J connectivity index is 3.13. The summed E-state index contributed by atoms with van der Waals surface area (Å²) in [5.74, 6) is 0. The minimum atomic E-state index is -4.46. The average Bonchev–Trinajstić information content (AvgIpc) is 2.03. The smallest absolute Gasteiger partial charge is 0.389 e. The molecule has 2 N–H and O–H groups in total. The molecule has 0 saturated carbocycles. The van der Waals surface area contributed by atoms with Gasteiger partial charge in [-0.2, -0.15) is 13.2 Å². The minimum Gasteiger partial charge on any atom is -0.389 e. The summed E-state index contributed by atoms with van der Waals surface area (Å²) in [5.41, 5.74) is 4.34. The van der Waals surface area contributed by atoms with Crippen molar-refractivity contribution in [2.75, 3.05) is 0 Å². The second-order valence-corrected chi connectivity index (χ2v) is 2.73. The molecule has 1 aromatic rings. The number of alkyl halides is 3. The van der Waals surface area contributed by atoms with Crippen molar-refractivity contribution < 1.29 is 13.2 Å². The summed E-state index contributed by atoms with van der Waals surface area (Å²) in [6, 6.07) is 2.15. The first kappa shape index (κ1) is 9.91. The molecule has 70 valence electrons. The lowest BCUT2D eigenvalue weighted by molar-refractivity contribution is -0.141. The maximum Gasteiger partial charge on any atom is 0.433 e. The molecule has 0 atom stereocenters. The molecule has 1 aromatic heterocycles. The van der Waals surface area contributed by atoms with E-state index in [0.717, 1.165) is 12.3 Å². The fraction of sp³-hybridized carbons (Fsp3) is 0.143. The summed E-state index contributed by atoms with van der Waals surface area (Å²) >= 11 is 4.53. The van der Waals surface area contributed by atoms with E-state index in [1.807, 2.05) is 0 Å². The van der Waals surface area contributed by atoms with Crippen molar-refractivity contribution in [2.24, 2.45) is 5.73 Å². The number of rotatable bonds is 1. The van der Waals surface area contributed by atoms with Crippen molar-refractivity contribution in [3.63, 3.8) is 0 Å². The van der Waals surface area contributed by atoms with Crippen LogP contribution in [0, 0.1) is 0 Å². The number of nitrogens with zero attached hydrogens (tertiary/aromatic N) is 1. The van der Waals surface area contributed by atoms with E-state index in [0.29, 0.717) is 0 Å². The van der Waals surface area contributed by atoms with Crippen molar-refractivity contribution >= 4 is 17.2 Å². The van der Waals surface area contributed by atoms with E-state index in [-0.39, 0.29) is 10.6 Å². The van der Waals surface area contributed by atoms with Gasteiger partial charge in [0.1, 0.15) is 10.7 Å². The van der Waals surface area contributed by atoms with Crippen LogP contribution in [0.5, 0.6) is 0 Å². The Labute approximate surface area is 77.6 Å². The lowest BCUT2D eigenvalue weighted by Gasteiger charge is -2.06. The number of hydrogen-bond donors (Lipinski definition) is 1. The Kier molecular flexibility index (Phi) is 2.51. The maximum absolute atomic E-state index is 12.1. The van der Waals surface area contributed by atoms with E-state index in [4.69, 9.17) is 5.73 Å². The van der Waals surface area contributed by atoms with Crippen LogP contribution < -0.4 is 5.73 Å². The number of nitrogens with two attached hydrogens (primary N) is 1. The molecule has 0 fully saturated rings. The van der Waals surface area contributed by atoms with Gasteiger partial charge in [0.2, 0.25) is 0 Å². The first-order valence-electron chi connectivity index (χ1n) is 3.24. The van der Waals surface area contributed by atoms with Gasteiger partial charge in [-0.3, -0.25) is 4.98 Å². The van der Waals surface area contributed by atoms with E-state index < -0.39 is 11.9 Å². The Bertz CT molecular complexity index is 335. The van der Waals surface area contributed by atoms with E-state index >= 15 is 0 Å². The first-order chi connectivity index (χ1) is 5.91. The van der Waals surface area contributed by atoms with Crippen LogP contribution in [0.3, 0.4) is 0 Å². The predicted octanol–water partition coefficient (Wildman–Crippen LogP) is 1.73. The second-order valence-electron chi connectivity index (χ2n) is 2.29. The lowest BCUT2D eigenvalue weighted by Crippen LogP contribution is -2.13. The molecule has 0 aromatic carbocycles. The number of hydrogen-bond acceptors (Lipinski definition) is 2. The zero-order chi connectivity index (χ0) is 10.1. The molecule has 0 radical (unpaired) electrons. The Morgan fingerprint density at radius 3 is 2.54 bits per heavy atom. The molecule has 1 heterocycles. The van der Waals surface area contributed by atoms with Gasteiger partial charge in [-0.15, -0.1) is 0 Å². The van der Waals surface area contributed by atoms with Crippen LogP contribution in [-0.4, -0.2) is 9.97 Å². The van der Waals surface area contributed by atoms with Crippen LogP contribution in [0.4, 0.5) is 13.2 Å². The number of thiocarbonyl (C=S) groups is 1. The highest BCUT2D eigenvalue weighted by molar-refractivity contribution is 7.80. The first-order valence-corrected chi connectivity index (χ1v) is 3.65. The normalized spacial score (nSPS) is 11.3. The summed E-state index contributed by atoms with van der Waals surface area (Å²) in [6.07, 6.45) is -3.43. The molecule has 13 heavy (non-hydrogen) atoms. The van der Waals surface area contributed by atoms with Crippen LogP contribution in [0.2, 0.25) is 0 Å². The van der Waals surface area contributed by atoms with Gasteiger partial charge in [0.05, 0.1) is 0 Å². The quantitative estimate of drug-likeness (QED) is 0.711. The molecule has 1 rings (SSSR count). The molecule has 0 aliphatic rings. The van der Waals surface area contributed by atoms with Gasteiger partial charge in [-0.25, -0.2) is 0 Å². The molecule has 6 heteroatoms. The third kappa shape index (κ3) is 2.38. The molecule has 0 aliphatic heterocycles. The molecule has 0 spiro atoms. The summed E-state index contributed by atoms with van der Waals surface area (Å²) in [6.45, 7) is 0. The number of pyridine rings is 1. The van der Waals surface area contributed by atoms with Gasteiger partial charge in [0, 0.05) is 11.8 Å². The standard InChI is InChI=1S/C7H5F3N2S/c8-7(9,10)5-3-4(6(11)13)1-2-12-5/h1-3H,(H2,11,13). The summed E-state index contributed by atoms with van der Waals surface area (Å²) in [5, 5.41) is 0. The van der Waals surface area contributed by atoms with E-state index in [9.17, 15) is 13.2 Å². The van der Waals surface area contributed by atoms with Crippen LogP contribution in [0.1, 0.15) is 11.3 Å². The van der Waals surface area contributed by atoms with Crippen molar-refractivity contribution in [3.05, 3.63) is 29.6 Å². The Morgan fingerprint density at radius 2 is 2.08 bits per heavy atom. The third-order valence-corrected chi connectivity index (χ3v) is 1.57. The molecule has 0 aliphatic carbocycles. The van der Waals surface area contributed by atoms with Gasteiger partial charge in [0.25, 0.3) is 0 Å². The van der Waals surface area contributed by atoms with Crippen molar-refractivity contribution in [2.45, 2.75) is 6.18 Å². The predicted molar refractivity (Wildman–Crippen MR) is 45.1 cm³/mol. The zero-order valence-corrected chi connectivity index (χ0v) is 7.12. The van der Waals surface area contributed by atoms with E-state index in [2.05, 4.69) is 17.2 Å². The molecule has 0 saturated heterocycles. The van der Waals surface area contributed by atoms with Crippen LogP contribution >= 0.6 is 12.2 Å². The van der Waals surface area contributed by atoms with E-state index in [1.54, 1.807) is 0 Å². The summed E-state index contributed by atoms with van der Waals surface area (Å²) in [4.78, 5) is 3.08. The van der Waals surface area contributed by atoms with Gasteiger partial charge < -0.3 is 5.73 Å². The second kappa shape index (κ2) is 3.29. The monoisotopic (exact) mass is 206 g/mol. The average molecular weight is 206 g/mol. The highest BCUT2D eigenvalue weighted by Crippen LogP contribution is 2.27. The van der Waals surface area contributed by atoms with Crippen molar-refractivity contribution in [1.29, 1.82) is 0 Å². The molecular formula is C7H5F3N2S. The Hall–Kier alpha value is -1.17. The van der Waals surface area contributed by atoms with Gasteiger partial charge in [0.15, 0.2) is 0 Å². The van der Waals surface area contributed by atoms with Gasteiger partial charge in [-0.1, -0.05) is 12.2 Å². The lowest BCUT2D eigenvalue weighted by atomic mass is 10.2. The molecule has 0 unspecified atom stereocenters. The highest BCUT2D eigenvalue weighted by atomic mass is 32.1. The third-order valence-electron chi connectivity index (χ3n) is 1.33. The van der Waals surface area contributed by atoms with Crippen molar-refractivity contribution in [3.8, 4) is 0 Å². The number of halogens is 3. The Morgan fingerprint density at radius 1 is 1.46 bits per heavy atom. The largest absolute Gasteiger partial charge is 0.433 e. The van der Waals surface area contributed by atoms with Crippen LogP contribution in [0.25, 0.3) is 0 Å². The van der Waals surface area contributed by atoms with E-state index in [1.165, 1.54) is 6.07 Å². The molecular weight excluding hydrogens is 201 g/mol. The maximum atomic E-state index is 12.1. The molecule has 0 amide bonds. The fourth-order valence-corrected chi connectivity index (χ4v) is 0.866. The highest BCUT2D eigenvalue weighted by Gasteiger charge is 2.32.